The number of morpholine rings is 1. The van der Waals surface area contributed by atoms with Crippen molar-refractivity contribution in [1.29, 1.82) is 0 Å². The number of amides is 1. The minimum Gasteiger partial charge on any atom is -0.378 e. The number of hydrogen-bond acceptors (Lipinski definition) is 7. The first kappa shape index (κ1) is 18.4. The fourth-order valence-corrected chi connectivity index (χ4v) is 3.89. The minimum absolute atomic E-state index is 0.00243. The molecule has 1 N–H and O–H groups in total. The van der Waals surface area contributed by atoms with Crippen molar-refractivity contribution in [2.45, 2.75) is 18.8 Å². The lowest BCUT2D eigenvalue weighted by atomic mass is 9.92. The molecule has 0 aliphatic carbocycles. The van der Waals surface area contributed by atoms with Gasteiger partial charge >= 0.3 is 5.69 Å². The van der Waals surface area contributed by atoms with Crippen LogP contribution in [0.4, 0.5) is 11.5 Å². The van der Waals surface area contributed by atoms with Gasteiger partial charge in [0.05, 0.1) is 35.6 Å². The lowest BCUT2D eigenvalue weighted by Crippen LogP contribution is -2.41. The number of piperidine rings is 1. The van der Waals surface area contributed by atoms with Crippen molar-refractivity contribution in [2.24, 2.45) is 0 Å². The van der Waals surface area contributed by atoms with E-state index in [-0.39, 0.29) is 17.5 Å². The van der Waals surface area contributed by atoms with Crippen molar-refractivity contribution in [3.05, 3.63) is 45.9 Å². The molecule has 0 spiro atoms. The third kappa shape index (κ3) is 3.55. The predicted molar refractivity (Wildman–Crippen MR) is 100 cm³/mol. The van der Waals surface area contributed by atoms with Crippen molar-refractivity contribution < 1.29 is 14.5 Å². The van der Waals surface area contributed by atoms with Crippen LogP contribution in [-0.4, -0.2) is 70.3 Å². The topological polar surface area (TPSA) is 117 Å². The normalized spacial score (nSPS) is 20.2. The molecule has 4 heterocycles. The molecule has 2 aliphatic heterocycles. The summed E-state index contributed by atoms with van der Waals surface area (Å²) in [5.41, 5.74) is 1.36. The van der Waals surface area contributed by atoms with Gasteiger partial charge in [0.25, 0.3) is 5.91 Å². The summed E-state index contributed by atoms with van der Waals surface area (Å²) in [6, 6.07) is 3.03. The van der Waals surface area contributed by atoms with Gasteiger partial charge in [0.15, 0.2) is 0 Å². The number of H-pyrrole nitrogens is 1. The molecule has 0 aromatic carbocycles. The van der Waals surface area contributed by atoms with E-state index in [0.717, 1.165) is 18.5 Å². The molecule has 4 rings (SSSR count). The van der Waals surface area contributed by atoms with Crippen LogP contribution in [0.5, 0.6) is 0 Å². The maximum absolute atomic E-state index is 12.9. The van der Waals surface area contributed by atoms with E-state index < -0.39 is 4.92 Å². The molecule has 1 amide bonds. The quantitative estimate of drug-likeness (QED) is 0.626. The summed E-state index contributed by atoms with van der Waals surface area (Å²) >= 11 is 0. The number of aromatic amines is 1. The van der Waals surface area contributed by atoms with E-state index in [1.807, 2.05) is 4.90 Å². The molecule has 1 atom stereocenters. The van der Waals surface area contributed by atoms with Gasteiger partial charge in [0.2, 0.25) is 5.82 Å². The molecular formula is C18H22N6O4. The zero-order chi connectivity index (χ0) is 19.5. The molecule has 2 aliphatic rings. The Morgan fingerprint density at radius 3 is 2.93 bits per heavy atom. The molecule has 2 saturated heterocycles. The van der Waals surface area contributed by atoms with E-state index in [2.05, 4.69) is 15.2 Å². The van der Waals surface area contributed by atoms with Crippen LogP contribution >= 0.6 is 0 Å². The number of hydrogen-bond donors (Lipinski definition) is 1. The molecule has 2 aromatic heterocycles. The Morgan fingerprint density at radius 2 is 2.14 bits per heavy atom. The Morgan fingerprint density at radius 1 is 1.32 bits per heavy atom. The summed E-state index contributed by atoms with van der Waals surface area (Å²) in [7, 11) is 0. The lowest BCUT2D eigenvalue weighted by molar-refractivity contribution is -0.384. The van der Waals surface area contributed by atoms with Gasteiger partial charge in [-0.2, -0.15) is 5.10 Å². The molecule has 28 heavy (non-hydrogen) atoms. The number of nitro groups is 1. The third-order valence-electron chi connectivity index (χ3n) is 5.29. The van der Waals surface area contributed by atoms with E-state index in [9.17, 15) is 14.9 Å². The van der Waals surface area contributed by atoms with E-state index in [0.29, 0.717) is 50.8 Å². The molecule has 0 unspecified atom stereocenters. The lowest BCUT2D eigenvalue weighted by Gasteiger charge is -2.33. The second kappa shape index (κ2) is 7.93. The smallest absolute Gasteiger partial charge is 0.311 e. The largest absolute Gasteiger partial charge is 0.378 e. The summed E-state index contributed by atoms with van der Waals surface area (Å²) < 4.78 is 5.32. The monoisotopic (exact) mass is 386 g/mol. The van der Waals surface area contributed by atoms with Crippen LogP contribution in [0.25, 0.3) is 0 Å². The number of nitrogens with zero attached hydrogens (tertiary/aromatic N) is 5. The third-order valence-corrected chi connectivity index (χ3v) is 5.29. The molecule has 2 fully saturated rings. The number of rotatable bonds is 4. The standard InChI is InChI=1S/C18H22N6O4/c25-18(22-7-9-28-10-8-22)14-11-20-21-16(14)13-3-2-6-23(12-13)17-15(24(26)27)4-1-5-19-17/h1,4-5,11,13H,2-3,6-10,12H2,(H,20,21)/t13-/m0/s1. The second-order valence-electron chi connectivity index (χ2n) is 6.99. The van der Waals surface area contributed by atoms with Gasteiger partial charge in [-0.25, -0.2) is 4.98 Å². The van der Waals surface area contributed by atoms with Crippen molar-refractivity contribution >= 4 is 17.4 Å². The van der Waals surface area contributed by atoms with Crippen molar-refractivity contribution in [3.63, 3.8) is 0 Å². The minimum atomic E-state index is -0.407. The van der Waals surface area contributed by atoms with Gasteiger partial charge in [-0.15, -0.1) is 0 Å². The van der Waals surface area contributed by atoms with Crippen LogP contribution in [0.15, 0.2) is 24.5 Å². The maximum atomic E-state index is 12.9. The Kier molecular flexibility index (Phi) is 5.20. The van der Waals surface area contributed by atoms with Crippen molar-refractivity contribution in [3.8, 4) is 0 Å². The van der Waals surface area contributed by atoms with E-state index >= 15 is 0 Å². The Labute approximate surface area is 161 Å². The fraction of sp³-hybridized carbons (Fsp3) is 0.500. The molecule has 0 saturated carbocycles. The van der Waals surface area contributed by atoms with Crippen LogP contribution in [0, 0.1) is 10.1 Å². The summed E-state index contributed by atoms with van der Waals surface area (Å²) in [5, 5.41) is 18.5. The molecule has 10 heteroatoms. The molecule has 148 valence electrons. The first-order valence-electron chi connectivity index (χ1n) is 9.40. The molecule has 0 radical (unpaired) electrons. The van der Waals surface area contributed by atoms with Gasteiger partial charge in [0, 0.05) is 44.4 Å². The van der Waals surface area contributed by atoms with Crippen LogP contribution < -0.4 is 4.90 Å². The van der Waals surface area contributed by atoms with Crippen molar-refractivity contribution in [2.75, 3.05) is 44.3 Å². The molecule has 0 bridgehead atoms. The predicted octanol–water partition coefficient (Wildman–Crippen LogP) is 1.57. The van der Waals surface area contributed by atoms with E-state index in [4.69, 9.17) is 4.74 Å². The summed E-state index contributed by atoms with van der Waals surface area (Å²) in [4.78, 5) is 31.8. The van der Waals surface area contributed by atoms with Gasteiger partial charge in [-0.05, 0) is 18.9 Å². The van der Waals surface area contributed by atoms with Crippen LogP contribution in [0.2, 0.25) is 0 Å². The average molecular weight is 386 g/mol. The van der Waals surface area contributed by atoms with Gasteiger partial charge in [-0.3, -0.25) is 20.0 Å². The number of anilines is 1. The molecule has 10 nitrogen and oxygen atoms in total. The van der Waals surface area contributed by atoms with Gasteiger partial charge < -0.3 is 14.5 Å². The Bertz CT molecular complexity index is 863. The Hall–Kier alpha value is -3.01. The average Bonchev–Trinajstić information content (AvgIpc) is 3.24. The second-order valence-corrected chi connectivity index (χ2v) is 6.99. The highest BCUT2D eigenvalue weighted by Crippen LogP contribution is 2.33. The highest BCUT2D eigenvalue weighted by atomic mass is 16.6. The number of nitrogens with one attached hydrogen (secondary N) is 1. The first-order valence-corrected chi connectivity index (χ1v) is 9.40. The fourth-order valence-electron chi connectivity index (χ4n) is 3.89. The number of carbonyl (C=O) groups excluding carboxylic acids is 1. The first-order chi connectivity index (χ1) is 13.6. The summed E-state index contributed by atoms with van der Waals surface area (Å²) in [6.45, 7) is 3.46. The van der Waals surface area contributed by atoms with Gasteiger partial charge in [0.1, 0.15) is 0 Å². The summed E-state index contributed by atoms with van der Waals surface area (Å²) in [6.07, 6.45) is 4.87. The Balaban J connectivity index is 1.56. The SMILES string of the molecule is O=C(c1cn[nH]c1[C@H]1CCCN(c2ncccc2[N+](=O)[O-])C1)N1CCOCC1. The highest BCUT2D eigenvalue weighted by Gasteiger charge is 2.31. The number of carbonyl (C=O) groups is 1. The highest BCUT2D eigenvalue weighted by molar-refractivity contribution is 5.95. The number of ether oxygens (including phenoxy) is 1. The zero-order valence-electron chi connectivity index (χ0n) is 15.4. The molecule has 2 aromatic rings. The summed E-state index contributed by atoms with van der Waals surface area (Å²) in [5.74, 6) is 0.351. The number of pyridine rings is 1. The van der Waals surface area contributed by atoms with Gasteiger partial charge in [-0.1, -0.05) is 0 Å². The van der Waals surface area contributed by atoms with Crippen LogP contribution in [0.3, 0.4) is 0 Å². The van der Waals surface area contributed by atoms with E-state index in [1.165, 1.54) is 6.07 Å². The number of aromatic nitrogens is 3. The van der Waals surface area contributed by atoms with Crippen LogP contribution in [-0.2, 0) is 4.74 Å². The van der Waals surface area contributed by atoms with E-state index in [1.54, 1.807) is 23.4 Å². The van der Waals surface area contributed by atoms with Crippen LogP contribution in [0.1, 0.15) is 34.8 Å². The molecular weight excluding hydrogens is 364 g/mol. The maximum Gasteiger partial charge on any atom is 0.311 e. The zero-order valence-corrected chi connectivity index (χ0v) is 15.4. The van der Waals surface area contributed by atoms with Crippen molar-refractivity contribution in [1.82, 2.24) is 20.1 Å².